The van der Waals surface area contributed by atoms with Crippen molar-refractivity contribution in [2.24, 2.45) is 0 Å². The van der Waals surface area contributed by atoms with Gasteiger partial charge in [-0.1, -0.05) is 55.1 Å². The maximum Gasteiger partial charge on any atom is 0.186 e. The molecular weight excluding hydrogens is 430 g/mol. The van der Waals surface area contributed by atoms with Gasteiger partial charge in [0.25, 0.3) is 0 Å². The van der Waals surface area contributed by atoms with E-state index in [1.807, 2.05) is 55.5 Å². The number of hydrogen-bond acceptors (Lipinski definition) is 8. The summed E-state index contributed by atoms with van der Waals surface area (Å²) in [6.07, 6.45) is 2.55. The molecule has 1 fully saturated rings. The van der Waals surface area contributed by atoms with Gasteiger partial charge in [0.1, 0.15) is 22.5 Å². The summed E-state index contributed by atoms with van der Waals surface area (Å²) in [7, 11) is 1.59. The van der Waals surface area contributed by atoms with Crippen LogP contribution in [0.25, 0.3) is 6.08 Å². The first-order valence-corrected chi connectivity index (χ1v) is 11.4. The molecule has 0 radical (unpaired) electrons. The van der Waals surface area contributed by atoms with Gasteiger partial charge in [-0.15, -0.1) is 21.5 Å². The molecule has 0 amide bonds. The molecule has 158 valence electrons. The topological polar surface area (TPSA) is 85.2 Å². The van der Waals surface area contributed by atoms with Gasteiger partial charge in [0.05, 0.1) is 17.1 Å². The summed E-state index contributed by atoms with van der Waals surface area (Å²) >= 11 is 2.57. The standard InChI is InChI=1S/C23H21N3O3S2/c1-3-19-25-26-23(31-19)20-21(27)18(30-22(20)24)12-15-9-10-16(17(11-15)28-2)29-13-14-7-5-4-6-8-14/h4-12,20,24H,3,13H2,1-2H3/b18-12-,24-22?/t20-/m1/s1. The monoisotopic (exact) mass is 451 g/mol. The highest BCUT2D eigenvalue weighted by Gasteiger charge is 2.39. The molecule has 3 aromatic rings. The molecular formula is C23H21N3O3S2. The zero-order valence-corrected chi connectivity index (χ0v) is 18.8. The van der Waals surface area contributed by atoms with Gasteiger partial charge in [0, 0.05) is 0 Å². The van der Waals surface area contributed by atoms with Crippen LogP contribution in [0.5, 0.6) is 11.5 Å². The number of ketones is 1. The lowest BCUT2D eigenvalue weighted by Gasteiger charge is -2.11. The van der Waals surface area contributed by atoms with E-state index in [2.05, 4.69) is 10.2 Å². The maximum absolute atomic E-state index is 13.0. The fourth-order valence-electron chi connectivity index (χ4n) is 3.12. The Balaban J connectivity index is 1.52. The van der Waals surface area contributed by atoms with E-state index < -0.39 is 5.92 Å². The van der Waals surface area contributed by atoms with Crippen LogP contribution in [0.4, 0.5) is 0 Å². The van der Waals surface area contributed by atoms with Crippen molar-refractivity contribution in [3.63, 3.8) is 0 Å². The summed E-state index contributed by atoms with van der Waals surface area (Å²) in [6.45, 7) is 2.43. The molecule has 0 unspecified atom stereocenters. The fraction of sp³-hybridized carbons (Fsp3) is 0.217. The number of Topliss-reactive ketones (excluding diaryl/α,β-unsaturated/α-hetero) is 1. The van der Waals surface area contributed by atoms with Crippen molar-refractivity contribution < 1.29 is 14.3 Å². The third-order valence-electron chi connectivity index (χ3n) is 4.74. The number of methoxy groups -OCH3 is 1. The highest BCUT2D eigenvalue weighted by Crippen LogP contribution is 2.42. The van der Waals surface area contributed by atoms with Crippen LogP contribution in [0, 0.1) is 5.41 Å². The summed E-state index contributed by atoms with van der Waals surface area (Å²) in [6, 6.07) is 15.4. The van der Waals surface area contributed by atoms with Crippen molar-refractivity contribution in [2.75, 3.05) is 7.11 Å². The maximum atomic E-state index is 13.0. The van der Waals surface area contributed by atoms with Crippen LogP contribution >= 0.6 is 23.1 Å². The van der Waals surface area contributed by atoms with Gasteiger partial charge in [-0.25, -0.2) is 0 Å². The Morgan fingerprint density at radius 1 is 1.13 bits per heavy atom. The van der Waals surface area contributed by atoms with Crippen LogP contribution in [0.1, 0.15) is 34.0 Å². The number of aryl methyl sites for hydroxylation is 1. The molecule has 4 rings (SSSR count). The van der Waals surface area contributed by atoms with Crippen molar-refractivity contribution >= 4 is 40.0 Å². The minimum Gasteiger partial charge on any atom is -0.493 e. The number of benzene rings is 2. The van der Waals surface area contributed by atoms with E-state index in [-0.39, 0.29) is 10.8 Å². The number of allylic oxidation sites excluding steroid dienone is 1. The molecule has 31 heavy (non-hydrogen) atoms. The average molecular weight is 452 g/mol. The van der Waals surface area contributed by atoms with E-state index >= 15 is 0 Å². The van der Waals surface area contributed by atoms with Crippen molar-refractivity contribution in [3.05, 3.63) is 74.6 Å². The number of thioether (sulfide) groups is 1. The molecule has 1 atom stereocenters. The SMILES string of the molecule is CCc1nnc([C@H]2C(=N)S/C(=C\c3ccc(OCc4ccccc4)c(OC)c3)C2=O)s1. The van der Waals surface area contributed by atoms with Gasteiger partial charge >= 0.3 is 0 Å². The normalized spacial score (nSPS) is 17.4. The number of nitrogens with one attached hydrogen (secondary N) is 1. The van der Waals surface area contributed by atoms with E-state index in [0.717, 1.165) is 22.6 Å². The van der Waals surface area contributed by atoms with Crippen LogP contribution in [-0.2, 0) is 17.8 Å². The Morgan fingerprint density at radius 2 is 1.94 bits per heavy atom. The molecule has 1 aliphatic rings. The van der Waals surface area contributed by atoms with Crippen LogP contribution < -0.4 is 9.47 Å². The van der Waals surface area contributed by atoms with Crippen molar-refractivity contribution in [1.82, 2.24) is 10.2 Å². The van der Waals surface area contributed by atoms with Gasteiger partial charge in [-0.2, -0.15) is 0 Å². The predicted octanol–water partition coefficient (Wildman–Crippen LogP) is 5.11. The summed E-state index contributed by atoms with van der Waals surface area (Å²) < 4.78 is 11.4. The van der Waals surface area contributed by atoms with Gasteiger partial charge in [-0.3, -0.25) is 10.2 Å². The molecule has 2 heterocycles. The molecule has 8 heteroatoms. The minimum atomic E-state index is -0.649. The zero-order valence-electron chi connectivity index (χ0n) is 17.1. The molecule has 0 aliphatic carbocycles. The summed E-state index contributed by atoms with van der Waals surface area (Å²) in [5.41, 5.74) is 1.87. The smallest absolute Gasteiger partial charge is 0.186 e. The number of aromatic nitrogens is 2. The Hall–Kier alpha value is -2.97. The van der Waals surface area contributed by atoms with Gasteiger partial charge in [0.15, 0.2) is 17.3 Å². The Bertz CT molecular complexity index is 1140. The highest BCUT2D eigenvalue weighted by atomic mass is 32.2. The average Bonchev–Trinajstić information content (AvgIpc) is 3.37. The Morgan fingerprint density at radius 3 is 2.65 bits per heavy atom. The first-order valence-electron chi connectivity index (χ1n) is 9.78. The molecule has 0 saturated carbocycles. The number of rotatable bonds is 7. The summed E-state index contributed by atoms with van der Waals surface area (Å²) in [4.78, 5) is 13.5. The molecule has 1 saturated heterocycles. The van der Waals surface area contributed by atoms with E-state index in [4.69, 9.17) is 14.9 Å². The van der Waals surface area contributed by atoms with Crippen LogP contribution in [0.3, 0.4) is 0 Å². The lowest BCUT2D eigenvalue weighted by atomic mass is 10.1. The lowest BCUT2D eigenvalue weighted by Crippen LogP contribution is -2.11. The third-order valence-corrected chi connectivity index (χ3v) is 6.87. The fourth-order valence-corrected chi connectivity index (χ4v) is 5.07. The third kappa shape index (κ3) is 4.70. The molecule has 1 N–H and O–H groups in total. The second-order valence-electron chi connectivity index (χ2n) is 6.84. The first kappa shape index (κ1) is 21.3. The Kier molecular flexibility index (Phi) is 6.48. The summed E-state index contributed by atoms with van der Waals surface area (Å²) in [5.74, 6) is 0.455. The lowest BCUT2D eigenvalue weighted by molar-refractivity contribution is -0.114. The van der Waals surface area contributed by atoms with E-state index in [0.29, 0.717) is 28.0 Å². The molecule has 0 bridgehead atoms. The number of carbonyl (C=O) groups is 1. The van der Waals surface area contributed by atoms with E-state index in [1.165, 1.54) is 23.1 Å². The molecule has 2 aromatic carbocycles. The zero-order chi connectivity index (χ0) is 21.8. The minimum absolute atomic E-state index is 0.114. The molecule has 6 nitrogen and oxygen atoms in total. The number of carbonyl (C=O) groups excluding carboxylic acids is 1. The van der Waals surface area contributed by atoms with Gasteiger partial charge in [0.2, 0.25) is 0 Å². The second kappa shape index (κ2) is 9.45. The molecule has 0 spiro atoms. The number of hydrogen-bond donors (Lipinski definition) is 1. The number of ether oxygens (including phenoxy) is 2. The first-order chi connectivity index (χ1) is 15.1. The second-order valence-corrected chi connectivity index (χ2v) is 9.02. The largest absolute Gasteiger partial charge is 0.493 e. The molecule has 1 aromatic heterocycles. The van der Waals surface area contributed by atoms with Crippen LogP contribution in [-0.4, -0.2) is 28.1 Å². The van der Waals surface area contributed by atoms with Crippen molar-refractivity contribution in [3.8, 4) is 11.5 Å². The van der Waals surface area contributed by atoms with Crippen molar-refractivity contribution in [1.29, 1.82) is 5.41 Å². The van der Waals surface area contributed by atoms with Crippen LogP contribution in [0.15, 0.2) is 53.4 Å². The number of nitrogens with zero attached hydrogens (tertiary/aromatic N) is 2. The van der Waals surface area contributed by atoms with Gasteiger partial charge in [-0.05, 0) is 35.8 Å². The molecule has 1 aliphatic heterocycles. The summed E-state index contributed by atoms with van der Waals surface area (Å²) in [5, 5.41) is 18.2. The highest BCUT2D eigenvalue weighted by molar-refractivity contribution is 8.19. The Labute approximate surface area is 188 Å². The van der Waals surface area contributed by atoms with Crippen molar-refractivity contribution in [2.45, 2.75) is 25.9 Å². The van der Waals surface area contributed by atoms with E-state index in [9.17, 15) is 4.79 Å². The quantitative estimate of drug-likeness (QED) is 0.503. The van der Waals surface area contributed by atoms with Crippen LogP contribution in [0.2, 0.25) is 0 Å². The predicted molar refractivity (Wildman–Crippen MR) is 124 cm³/mol. The van der Waals surface area contributed by atoms with E-state index in [1.54, 1.807) is 13.2 Å². The van der Waals surface area contributed by atoms with Gasteiger partial charge < -0.3 is 9.47 Å².